The molecule has 0 radical (unpaired) electrons. The van der Waals surface area contributed by atoms with Gasteiger partial charge < -0.3 is 10.8 Å². The van der Waals surface area contributed by atoms with Crippen molar-refractivity contribution in [2.75, 3.05) is 5.73 Å². The van der Waals surface area contributed by atoms with Crippen LogP contribution in [0.1, 0.15) is 5.56 Å². The van der Waals surface area contributed by atoms with Gasteiger partial charge in [0.2, 0.25) is 0 Å². The molecule has 5 heteroatoms. The van der Waals surface area contributed by atoms with E-state index >= 15 is 0 Å². The average Bonchev–Trinajstić information content (AvgIpc) is 2.08. The van der Waals surface area contributed by atoms with Gasteiger partial charge in [0.25, 0.3) is 0 Å². The lowest BCUT2D eigenvalue weighted by molar-refractivity contribution is 0.473. The molecule has 0 bridgehead atoms. The highest BCUT2D eigenvalue weighted by molar-refractivity contribution is 9.14. The van der Waals surface area contributed by atoms with Gasteiger partial charge in [0.05, 0.1) is 10.2 Å². The van der Waals surface area contributed by atoms with E-state index in [1.807, 2.05) is 0 Å². The third kappa shape index (κ3) is 1.49. The Morgan fingerprint density at radius 3 is 2.08 bits per heavy atom. The van der Waals surface area contributed by atoms with Crippen LogP contribution in [0.4, 0.5) is 5.69 Å². The van der Waals surface area contributed by atoms with Crippen LogP contribution < -0.4 is 5.73 Å². The second-order valence-electron chi connectivity index (χ2n) is 2.33. The molecule has 66 valence electrons. The fraction of sp³-hybridized carbons (Fsp3) is 0.143. The van der Waals surface area contributed by atoms with Crippen LogP contribution in [0, 0.1) is 6.92 Å². The minimum absolute atomic E-state index is 0.108. The van der Waals surface area contributed by atoms with E-state index in [-0.39, 0.29) is 5.75 Å². The second-order valence-corrected chi connectivity index (χ2v) is 4.71. The zero-order chi connectivity index (χ0) is 9.46. The van der Waals surface area contributed by atoms with Crippen molar-refractivity contribution in [3.63, 3.8) is 0 Å². The smallest absolute Gasteiger partial charge is 0.143 e. The van der Waals surface area contributed by atoms with E-state index in [9.17, 15) is 5.11 Å². The highest BCUT2D eigenvalue weighted by atomic mass is 79.9. The monoisotopic (exact) mass is 357 g/mol. The Balaban J connectivity index is 3.60. The van der Waals surface area contributed by atoms with Gasteiger partial charge in [0.1, 0.15) is 5.75 Å². The van der Waals surface area contributed by atoms with Gasteiger partial charge in [-0.05, 0) is 54.7 Å². The topological polar surface area (TPSA) is 46.2 Å². The number of phenolic OH excluding ortho intramolecular Hbond substituents is 1. The lowest BCUT2D eigenvalue weighted by Crippen LogP contribution is -1.92. The Bertz CT molecular complexity index is 233. The summed E-state index contributed by atoms with van der Waals surface area (Å²) in [4.78, 5) is 0. The Morgan fingerprint density at radius 1 is 1.08 bits per heavy atom. The van der Waals surface area contributed by atoms with Crippen LogP contribution in [0.5, 0.6) is 5.75 Å². The predicted molar refractivity (Wildman–Crippen MR) is 60.4 cm³/mol. The average molecular weight is 360 g/mol. The van der Waals surface area contributed by atoms with Gasteiger partial charge in [-0.2, -0.15) is 0 Å². The number of rotatable bonds is 0. The van der Waals surface area contributed by atoms with Gasteiger partial charge in [-0.1, -0.05) is 0 Å². The van der Waals surface area contributed by atoms with Crippen LogP contribution in [-0.2, 0) is 0 Å². The number of anilines is 1. The summed E-state index contributed by atoms with van der Waals surface area (Å²) in [5.41, 5.74) is 6.68. The van der Waals surface area contributed by atoms with Gasteiger partial charge in [-0.15, -0.1) is 0 Å². The van der Waals surface area contributed by atoms with Crippen LogP contribution in [0.2, 0.25) is 0 Å². The number of phenols is 1. The molecule has 0 fully saturated rings. The van der Waals surface area contributed by atoms with Crippen molar-refractivity contribution >= 4 is 53.5 Å². The van der Waals surface area contributed by atoms with E-state index in [1.165, 1.54) is 0 Å². The lowest BCUT2D eigenvalue weighted by atomic mass is 10.2. The van der Waals surface area contributed by atoms with E-state index in [1.54, 1.807) is 6.92 Å². The quantitative estimate of drug-likeness (QED) is 0.422. The molecular formula is C7H6Br3NO. The number of hydrogen-bond acceptors (Lipinski definition) is 2. The van der Waals surface area contributed by atoms with Crippen molar-refractivity contribution in [3.05, 3.63) is 19.0 Å². The van der Waals surface area contributed by atoms with Crippen LogP contribution in [0.3, 0.4) is 0 Å². The number of nitrogens with two attached hydrogens (primary N) is 1. The molecule has 1 rings (SSSR count). The minimum atomic E-state index is 0.108. The Labute approximate surface area is 95.5 Å². The molecular weight excluding hydrogens is 354 g/mol. The van der Waals surface area contributed by atoms with E-state index in [0.717, 1.165) is 14.5 Å². The first-order valence-electron chi connectivity index (χ1n) is 3.08. The summed E-state index contributed by atoms with van der Waals surface area (Å²) in [7, 11) is 0. The van der Waals surface area contributed by atoms with Crippen molar-refractivity contribution in [1.82, 2.24) is 0 Å². The Morgan fingerprint density at radius 2 is 1.58 bits per heavy atom. The molecule has 0 aliphatic heterocycles. The van der Waals surface area contributed by atoms with E-state index < -0.39 is 0 Å². The Hall–Kier alpha value is 0.260. The number of benzene rings is 1. The van der Waals surface area contributed by atoms with Gasteiger partial charge in [-0.3, -0.25) is 0 Å². The first kappa shape index (κ1) is 10.3. The SMILES string of the molecule is Cc1c(O)c(N)c(Br)c(Br)c1Br. The summed E-state index contributed by atoms with van der Waals surface area (Å²) in [5, 5.41) is 9.49. The molecule has 1 aromatic carbocycles. The predicted octanol–water partition coefficient (Wildman–Crippen LogP) is 3.57. The first-order valence-corrected chi connectivity index (χ1v) is 5.46. The minimum Gasteiger partial charge on any atom is -0.505 e. The summed E-state index contributed by atoms with van der Waals surface area (Å²) < 4.78 is 2.29. The summed E-state index contributed by atoms with van der Waals surface area (Å²) in [5.74, 6) is 0.108. The maximum Gasteiger partial charge on any atom is 0.143 e. The van der Waals surface area contributed by atoms with E-state index in [4.69, 9.17) is 5.73 Å². The van der Waals surface area contributed by atoms with Crippen molar-refractivity contribution in [3.8, 4) is 5.75 Å². The van der Waals surface area contributed by atoms with Crippen LogP contribution in [-0.4, -0.2) is 5.11 Å². The van der Waals surface area contributed by atoms with Gasteiger partial charge in [0, 0.05) is 14.5 Å². The van der Waals surface area contributed by atoms with E-state index in [0.29, 0.717) is 10.2 Å². The molecule has 0 aliphatic rings. The van der Waals surface area contributed by atoms with Crippen LogP contribution >= 0.6 is 47.8 Å². The Kier molecular flexibility index (Phi) is 3.06. The maximum absolute atomic E-state index is 9.49. The third-order valence-corrected chi connectivity index (χ3v) is 5.23. The van der Waals surface area contributed by atoms with Crippen molar-refractivity contribution < 1.29 is 5.11 Å². The summed E-state index contributed by atoms with van der Waals surface area (Å²) >= 11 is 9.91. The molecule has 0 amide bonds. The molecule has 3 N–H and O–H groups in total. The van der Waals surface area contributed by atoms with Crippen molar-refractivity contribution in [2.24, 2.45) is 0 Å². The van der Waals surface area contributed by atoms with Crippen molar-refractivity contribution in [2.45, 2.75) is 6.92 Å². The molecule has 0 heterocycles. The normalized spacial score (nSPS) is 10.3. The maximum atomic E-state index is 9.49. The van der Waals surface area contributed by atoms with Crippen LogP contribution in [0.25, 0.3) is 0 Å². The van der Waals surface area contributed by atoms with Crippen molar-refractivity contribution in [1.29, 1.82) is 0 Å². The zero-order valence-electron chi connectivity index (χ0n) is 6.16. The number of hydrogen-bond donors (Lipinski definition) is 2. The van der Waals surface area contributed by atoms with Gasteiger partial charge in [-0.25, -0.2) is 0 Å². The molecule has 12 heavy (non-hydrogen) atoms. The van der Waals surface area contributed by atoms with Crippen LogP contribution in [0.15, 0.2) is 13.4 Å². The third-order valence-electron chi connectivity index (χ3n) is 1.56. The highest BCUT2D eigenvalue weighted by Crippen LogP contribution is 2.43. The lowest BCUT2D eigenvalue weighted by Gasteiger charge is -2.10. The standard InChI is InChI=1S/C7H6Br3NO/c1-2-3(8)4(9)5(10)6(11)7(2)12/h12H,11H2,1H3. The summed E-state index contributed by atoms with van der Waals surface area (Å²) in [6.07, 6.45) is 0. The summed E-state index contributed by atoms with van der Waals surface area (Å²) in [6.45, 7) is 1.78. The highest BCUT2D eigenvalue weighted by Gasteiger charge is 2.14. The van der Waals surface area contributed by atoms with E-state index in [2.05, 4.69) is 47.8 Å². The molecule has 0 atom stereocenters. The molecule has 1 aromatic rings. The number of halogens is 3. The molecule has 0 saturated heterocycles. The van der Waals surface area contributed by atoms with Gasteiger partial charge in [0.15, 0.2) is 0 Å². The molecule has 0 saturated carbocycles. The molecule has 0 spiro atoms. The number of nitrogen functional groups attached to an aromatic ring is 1. The molecule has 0 aliphatic carbocycles. The molecule has 0 unspecified atom stereocenters. The first-order chi connectivity index (χ1) is 5.46. The summed E-state index contributed by atoms with van der Waals surface area (Å²) in [6, 6.07) is 0. The fourth-order valence-corrected chi connectivity index (χ4v) is 2.34. The molecule has 0 aromatic heterocycles. The molecule has 2 nitrogen and oxygen atoms in total. The number of aromatic hydroxyl groups is 1. The second kappa shape index (κ2) is 3.55. The van der Waals surface area contributed by atoms with Gasteiger partial charge >= 0.3 is 0 Å². The zero-order valence-corrected chi connectivity index (χ0v) is 10.9. The fourth-order valence-electron chi connectivity index (χ4n) is 0.789. The largest absolute Gasteiger partial charge is 0.505 e.